The molecule has 0 spiro atoms. The fourth-order valence-corrected chi connectivity index (χ4v) is 3.82. The van der Waals surface area contributed by atoms with Crippen molar-refractivity contribution in [3.63, 3.8) is 0 Å². The second-order valence-electron chi connectivity index (χ2n) is 6.95. The molecule has 0 bridgehead atoms. The molecule has 1 aliphatic heterocycles. The number of carbonyl (C=O) groups is 1. The number of hydrogen-bond acceptors (Lipinski definition) is 2. The summed E-state index contributed by atoms with van der Waals surface area (Å²) < 4.78 is 5.65. The van der Waals surface area contributed by atoms with E-state index in [-0.39, 0.29) is 5.97 Å². The Balaban J connectivity index is 1.79. The summed E-state index contributed by atoms with van der Waals surface area (Å²) >= 11 is 0. The first kappa shape index (κ1) is 17.2. The van der Waals surface area contributed by atoms with Gasteiger partial charge in [-0.25, -0.2) is 4.79 Å². The first-order valence-electron chi connectivity index (χ1n) is 9.58. The second kappa shape index (κ2) is 7.25. The smallest absolute Gasteiger partial charge is 0.344 e. The van der Waals surface area contributed by atoms with Crippen molar-refractivity contribution >= 4 is 17.1 Å². The predicted molar refractivity (Wildman–Crippen MR) is 115 cm³/mol. The Morgan fingerprint density at radius 3 is 1.76 bits per heavy atom. The number of rotatable bonds is 3. The Labute approximate surface area is 169 Å². The van der Waals surface area contributed by atoms with Crippen LogP contribution in [0.1, 0.15) is 16.7 Å². The van der Waals surface area contributed by atoms with Crippen LogP contribution in [-0.2, 0) is 4.79 Å². The van der Waals surface area contributed by atoms with E-state index in [2.05, 4.69) is 30.3 Å². The molecule has 0 fully saturated rings. The molecule has 1 heterocycles. The van der Waals surface area contributed by atoms with E-state index in [0.717, 1.165) is 32.7 Å². The summed E-state index contributed by atoms with van der Waals surface area (Å²) in [7, 11) is 0. The maximum atomic E-state index is 12.6. The Hall–Kier alpha value is -3.91. The van der Waals surface area contributed by atoms with Crippen molar-refractivity contribution in [1.29, 1.82) is 0 Å². The minimum Gasteiger partial charge on any atom is -0.422 e. The number of ether oxygens (including phenoxy) is 1. The van der Waals surface area contributed by atoms with E-state index in [0.29, 0.717) is 11.3 Å². The third-order valence-electron chi connectivity index (χ3n) is 5.13. The molecule has 1 aliphatic rings. The van der Waals surface area contributed by atoms with Gasteiger partial charge in [-0.2, -0.15) is 0 Å². The number of benzene rings is 4. The summed E-state index contributed by atoms with van der Waals surface area (Å²) in [5, 5.41) is 1.86. The lowest BCUT2D eigenvalue weighted by molar-refractivity contribution is -0.127. The summed E-state index contributed by atoms with van der Waals surface area (Å²) in [6, 6.07) is 36.3. The monoisotopic (exact) mass is 374 g/mol. The fourth-order valence-electron chi connectivity index (χ4n) is 3.82. The van der Waals surface area contributed by atoms with E-state index in [9.17, 15) is 4.79 Å². The molecule has 0 saturated heterocycles. The van der Waals surface area contributed by atoms with Crippen LogP contribution in [0.5, 0.6) is 5.75 Å². The van der Waals surface area contributed by atoms with Crippen LogP contribution in [0.2, 0.25) is 0 Å². The maximum Gasteiger partial charge on any atom is 0.344 e. The van der Waals surface area contributed by atoms with Crippen molar-refractivity contribution in [2.24, 2.45) is 0 Å². The summed E-state index contributed by atoms with van der Waals surface area (Å²) in [5.41, 5.74) is 4.84. The van der Waals surface area contributed by atoms with Gasteiger partial charge in [0.25, 0.3) is 0 Å². The van der Waals surface area contributed by atoms with Crippen LogP contribution < -0.4 is 15.2 Å². The van der Waals surface area contributed by atoms with Crippen LogP contribution in [0.4, 0.5) is 0 Å². The van der Waals surface area contributed by atoms with Crippen molar-refractivity contribution in [2.75, 3.05) is 0 Å². The highest BCUT2D eigenvalue weighted by molar-refractivity contribution is 6.19. The Morgan fingerprint density at radius 1 is 0.621 bits per heavy atom. The lowest BCUT2D eigenvalue weighted by Gasteiger charge is -2.09. The lowest BCUT2D eigenvalue weighted by atomic mass is 9.95. The largest absolute Gasteiger partial charge is 0.422 e. The quantitative estimate of drug-likeness (QED) is 0.399. The molecule has 4 aromatic rings. The second-order valence-corrected chi connectivity index (χ2v) is 6.95. The highest BCUT2D eigenvalue weighted by atomic mass is 16.5. The van der Waals surface area contributed by atoms with Crippen molar-refractivity contribution < 1.29 is 9.53 Å². The number of esters is 1. The van der Waals surface area contributed by atoms with Gasteiger partial charge in [-0.15, -0.1) is 0 Å². The van der Waals surface area contributed by atoms with Crippen LogP contribution in [0.3, 0.4) is 0 Å². The Bertz CT molecular complexity index is 1260. The summed E-state index contributed by atoms with van der Waals surface area (Å²) in [4.78, 5) is 12.6. The van der Waals surface area contributed by atoms with Crippen LogP contribution in [0, 0.1) is 0 Å². The molecular weight excluding hydrogens is 356 g/mol. The van der Waals surface area contributed by atoms with E-state index in [4.69, 9.17) is 4.74 Å². The molecule has 5 rings (SSSR count). The molecule has 0 atom stereocenters. The highest BCUT2D eigenvalue weighted by Gasteiger charge is 2.24. The molecule has 4 aromatic carbocycles. The van der Waals surface area contributed by atoms with Gasteiger partial charge in [0.15, 0.2) is 0 Å². The van der Waals surface area contributed by atoms with Gasteiger partial charge in [-0.05, 0) is 39.6 Å². The predicted octanol–water partition coefficient (Wildman–Crippen LogP) is 4.05. The third kappa shape index (κ3) is 3.15. The van der Waals surface area contributed by atoms with Gasteiger partial charge in [0, 0.05) is 5.22 Å². The number of hydrogen-bond donors (Lipinski definition) is 0. The molecule has 0 N–H and O–H groups in total. The van der Waals surface area contributed by atoms with Gasteiger partial charge in [0.1, 0.15) is 5.75 Å². The lowest BCUT2D eigenvalue weighted by Crippen LogP contribution is -2.13. The van der Waals surface area contributed by atoms with Crippen molar-refractivity contribution in [1.82, 2.24) is 0 Å². The van der Waals surface area contributed by atoms with Gasteiger partial charge < -0.3 is 4.74 Å². The molecule has 2 nitrogen and oxygen atoms in total. The van der Waals surface area contributed by atoms with Gasteiger partial charge in [-0.3, -0.25) is 0 Å². The minimum atomic E-state index is -0.302. The summed E-state index contributed by atoms with van der Waals surface area (Å²) in [6.45, 7) is 0. The molecule has 0 amide bonds. The van der Waals surface area contributed by atoms with Gasteiger partial charge in [0.2, 0.25) is 0 Å². The molecular formula is C27H18O2. The molecule has 0 radical (unpaired) electrons. The normalized spacial score (nSPS) is 12.4. The number of fused-ring (bicyclic) bond motifs is 1. The Kier molecular flexibility index (Phi) is 4.30. The third-order valence-corrected chi connectivity index (χ3v) is 5.13. The standard InChI is InChI=1S/C27H18O2/c28-27-26(21-14-8-3-9-15-21)23-17-16-22(18-24(23)29-27)25(19-10-4-1-5-11-19)20-12-6-2-7-13-20/h1-18H. The average Bonchev–Trinajstić information content (AvgIpc) is 3.11. The molecule has 0 aromatic heterocycles. The molecule has 138 valence electrons. The molecule has 0 unspecified atom stereocenters. The number of carbonyl (C=O) groups excluding carboxylic acids is 1. The van der Waals surface area contributed by atoms with Crippen molar-refractivity contribution in [3.05, 3.63) is 136 Å². The fraction of sp³-hybridized carbons (Fsp3) is 0. The van der Waals surface area contributed by atoms with Gasteiger partial charge >= 0.3 is 5.97 Å². The SMILES string of the molecule is O=C1Oc2cc(=C(c3ccccc3)c3ccccc3)ccc2=C1c1ccccc1. The van der Waals surface area contributed by atoms with E-state index in [1.807, 2.05) is 78.9 Å². The van der Waals surface area contributed by atoms with E-state index in [1.54, 1.807) is 0 Å². The van der Waals surface area contributed by atoms with Crippen LogP contribution >= 0.6 is 0 Å². The zero-order valence-electron chi connectivity index (χ0n) is 15.7. The first-order chi connectivity index (χ1) is 14.3. The van der Waals surface area contributed by atoms with E-state index >= 15 is 0 Å². The molecule has 0 aliphatic carbocycles. The summed E-state index contributed by atoms with van der Waals surface area (Å²) in [6.07, 6.45) is 0. The minimum absolute atomic E-state index is 0.302. The van der Waals surface area contributed by atoms with Crippen LogP contribution in [-0.4, -0.2) is 5.97 Å². The summed E-state index contributed by atoms with van der Waals surface area (Å²) in [5.74, 6) is 0.306. The van der Waals surface area contributed by atoms with Crippen LogP contribution in [0.25, 0.3) is 11.1 Å². The zero-order chi connectivity index (χ0) is 19.6. The van der Waals surface area contributed by atoms with Crippen LogP contribution in [0.15, 0.2) is 109 Å². The molecule has 29 heavy (non-hydrogen) atoms. The van der Waals surface area contributed by atoms with Crippen molar-refractivity contribution in [2.45, 2.75) is 0 Å². The van der Waals surface area contributed by atoms with E-state index in [1.165, 1.54) is 0 Å². The zero-order valence-corrected chi connectivity index (χ0v) is 15.7. The maximum absolute atomic E-state index is 12.6. The van der Waals surface area contributed by atoms with E-state index < -0.39 is 0 Å². The first-order valence-corrected chi connectivity index (χ1v) is 9.58. The Morgan fingerprint density at radius 2 is 1.17 bits per heavy atom. The van der Waals surface area contributed by atoms with Crippen molar-refractivity contribution in [3.8, 4) is 5.75 Å². The molecule has 2 heteroatoms. The topological polar surface area (TPSA) is 26.3 Å². The van der Waals surface area contributed by atoms with Gasteiger partial charge in [0.05, 0.1) is 5.57 Å². The average molecular weight is 374 g/mol. The molecule has 0 saturated carbocycles. The van der Waals surface area contributed by atoms with Gasteiger partial charge in [-0.1, -0.05) is 97.1 Å². The highest BCUT2D eigenvalue weighted by Crippen LogP contribution is 2.23.